The van der Waals surface area contributed by atoms with Crippen LogP contribution < -0.4 is 5.73 Å². The molecule has 1 aromatic rings. The van der Waals surface area contributed by atoms with E-state index in [9.17, 15) is 19.6 Å². The maximum Gasteiger partial charge on any atom is 0.272 e. The van der Waals surface area contributed by atoms with Gasteiger partial charge in [-0.25, -0.2) is 4.39 Å². The minimum Gasteiger partial charge on any atom is -0.505 e. The van der Waals surface area contributed by atoms with E-state index in [0.717, 1.165) is 6.07 Å². The van der Waals surface area contributed by atoms with Crippen molar-refractivity contribution in [3.8, 4) is 5.75 Å². The van der Waals surface area contributed by atoms with Crippen molar-refractivity contribution in [2.24, 2.45) is 11.1 Å². The molecule has 0 aromatic heterocycles. The van der Waals surface area contributed by atoms with E-state index in [-0.39, 0.29) is 5.56 Å². The summed E-state index contributed by atoms with van der Waals surface area (Å²) in [6, 6.07) is 1.08. The molecular formula is C11H15FN2O3. The van der Waals surface area contributed by atoms with Crippen molar-refractivity contribution < 1.29 is 14.4 Å². The van der Waals surface area contributed by atoms with Crippen LogP contribution in [0.3, 0.4) is 0 Å². The summed E-state index contributed by atoms with van der Waals surface area (Å²) >= 11 is 0. The van der Waals surface area contributed by atoms with Crippen LogP contribution in [-0.4, -0.2) is 10.0 Å². The topological polar surface area (TPSA) is 89.4 Å². The van der Waals surface area contributed by atoms with Crippen LogP contribution in [0.25, 0.3) is 0 Å². The van der Waals surface area contributed by atoms with Gasteiger partial charge in [-0.2, -0.15) is 0 Å². The summed E-state index contributed by atoms with van der Waals surface area (Å²) in [7, 11) is 0. The summed E-state index contributed by atoms with van der Waals surface area (Å²) in [5.74, 6) is -1.66. The van der Waals surface area contributed by atoms with E-state index in [1.165, 1.54) is 0 Å². The highest BCUT2D eigenvalue weighted by Gasteiger charge is 2.28. The van der Waals surface area contributed by atoms with E-state index in [1.807, 2.05) is 0 Å². The second-order valence-electron chi connectivity index (χ2n) is 4.97. The Kier molecular flexibility index (Phi) is 3.38. The van der Waals surface area contributed by atoms with Crippen LogP contribution in [0.5, 0.6) is 5.75 Å². The largest absolute Gasteiger partial charge is 0.505 e. The first-order valence-corrected chi connectivity index (χ1v) is 5.07. The lowest BCUT2D eigenvalue weighted by Crippen LogP contribution is -2.26. The molecule has 0 spiro atoms. The molecule has 0 saturated carbocycles. The van der Waals surface area contributed by atoms with Crippen molar-refractivity contribution in [2.45, 2.75) is 26.8 Å². The quantitative estimate of drug-likeness (QED) is 0.615. The van der Waals surface area contributed by atoms with E-state index in [1.54, 1.807) is 20.8 Å². The number of phenolic OH excluding ortho intramolecular Hbond substituents is 1. The number of nitrogens with two attached hydrogens (primary N) is 1. The number of phenols is 1. The van der Waals surface area contributed by atoms with Gasteiger partial charge in [-0.1, -0.05) is 20.8 Å². The molecule has 0 fully saturated rings. The van der Waals surface area contributed by atoms with E-state index in [2.05, 4.69) is 0 Å². The number of halogens is 1. The van der Waals surface area contributed by atoms with E-state index in [4.69, 9.17) is 5.73 Å². The van der Waals surface area contributed by atoms with Gasteiger partial charge in [0.2, 0.25) is 0 Å². The highest BCUT2D eigenvalue weighted by atomic mass is 19.1. The van der Waals surface area contributed by atoms with Crippen molar-refractivity contribution in [2.75, 3.05) is 0 Å². The number of aromatic hydroxyl groups is 1. The van der Waals surface area contributed by atoms with Crippen molar-refractivity contribution in [1.82, 2.24) is 0 Å². The van der Waals surface area contributed by atoms with Gasteiger partial charge >= 0.3 is 0 Å². The molecule has 94 valence electrons. The number of hydrogen-bond acceptors (Lipinski definition) is 4. The molecule has 0 saturated heterocycles. The fourth-order valence-electron chi connectivity index (χ4n) is 1.41. The highest BCUT2D eigenvalue weighted by molar-refractivity contribution is 5.46. The molecule has 1 atom stereocenters. The predicted octanol–water partition coefficient (Wildman–Crippen LogP) is 2.49. The molecule has 0 aliphatic heterocycles. The van der Waals surface area contributed by atoms with Gasteiger partial charge in [0.05, 0.1) is 11.0 Å². The molecular weight excluding hydrogens is 227 g/mol. The van der Waals surface area contributed by atoms with Crippen molar-refractivity contribution in [1.29, 1.82) is 0 Å². The van der Waals surface area contributed by atoms with Crippen molar-refractivity contribution in [3.05, 3.63) is 33.6 Å². The first-order valence-electron chi connectivity index (χ1n) is 5.07. The molecule has 1 rings (SSSR count). The molecule has 0 amide bonds. The summed E-state index contributed by atoms with van der Waals surface area (Å²) in [5.41, 5.74) is 5.04. The van der Waals surface area contributed by atoms with Gasteiger partial charge in [-0.15, -0.1) is 0 Å². The Morgan fingerprint density at radius 1 is 1.47 bits per heavy atom. The van der Waals surface area contributed by atoms with E-state index >= 15 is 0 Å². The summed E-state index contributed by atoms with van der Waals surface area (Å²) in [6.07, 6.45) is 0. The molecule has 0 heterocycles. The van der Waals surface area contributed by atoms with Gasteiger partial charge in [0.1, 0.15) is 0 Å². The van der Waals surface area contributed by atoms with Gasteiger partial charge in [-0.05, 0) is 5.41 Å². The predicted molar refractivity (Wildman–Crippen MR) is 61.1 cm³/mol. The first kappa shape index (κ1) is 13.4. The van der Waals surface area contributed by atoms with Crippen LogP contribution >= 0.6 is 0 Å². The molecule has 5 nitrogen and oxygen atoms in total. The Morgan fingerprint density at radius 3 is 2.41 bits per heavy atom. The number of non-ortho nitro benzene ring substituents is 1. The van der Waals surface area contributed by atoms with Crippen LogP contribution in [0.2, 0.25) is 0 Å². The van der Waals surface area contributed by atoms with E-state index in [0.29, 0.717) is 6.07 Å². The standard InChI is InChI=1S/C11H15FN2O3/c1-11(2,3)10(13)7-4-6(14(16)17)5-8(12)9(7)15/h4-5,10,15H,13H2,1-3H3/t10-/m1/s1. The molecule has 0 radical (unpaired) electrons. The second kappa shape index (κ2) is 4.29. The van der Waals surface area contributed by atoms with E-state index < -0.39 is 33.6 Å². The lowest BCUT2D eigenvalue weighted by molar-refractivity contribution is -0.385. The molecule has 0 bridgehead atoms. The van der Waals surface area contributed by atoms with Gasteiger partial charge in [0.25, 0.3) is 5.69 Å². The molecule has 6 heteroatoms. The minimum absolute atomic E-state index is 0.0456. The molecule has 0 aliphatic rings. The molecule has 0 unspecified atom stereocenters. The van der Waals surface area contributed by atoms with Crippen LogP contribution in [0.15, 0.2) is 12.1 Å². The number of nitro benzene ring substituents is 1. The summed E-state index contributed by atoms with van der Waals surface area (Å²) in [6.45, 7) is 5.40. The third kappa shape index (κ3) is 2.71. The minimum atomic E-state index is -1.03. The Bertz CT molecular complexity index is 455. The first-order chi connectivity index (χ1) is 7.64. The Labute approximate surface area is 98.2 Å². The summed E-state index contributed by atoms with van der Waals surface area (Å²) in [4.78, 5) is 9.88. The average Bonchev–Trinajstić information content (AvgIpc) is 2.19. The summed E-state index contributed by atoms with van der Waals surface area (Å²) in [5, 5.41) is 20.2. The Balaban J connectivity index is 3.37. The maximum atomic E-state index is 13.3. The Hall–Kier alpha value is -1.69. The third-order valence-electron chi connectivity index (χ3n) is 2.56. The van der Waals surface area contributed by atoms with Gasteiger partial charge < -0.3 is 10.8 Å². The highest BCUT2D eigenvalue weighted by Crippen LogP contribution is 2.38. The average molecular weight is 242 g/mol. The fourth-order valence-corrected chi connectivity index (χ4v) is 1.41. The lowest BCUT2D eigenvalue weighted by Gasteiger charge is -2.27. The maximum absolute atomic E-state index is 13.3. The number of hydrogen-bond donors (Lipinski definition) is 2. The number of nitrogens with zero attached hydrogens (tertiary/aromatic N) is 1. The van der Waals surface area contributed by atoms with Gasteiger partial charge in [0, 0.05) is 17.7 Å². The van der Waals surface area contributed by atoms with Gasteiger partial charge in [0.15, 0.2) is 11.6 Å². The van der Waals surface area contributed by atoms with Crippen LogP contribution in [-0.2, 0) is 0 Å². The monoisotopic (exact) mass is 242 g/mol. The normalized spacial score (nSPS) is 13.5. The third-order valence-corrected chi connectivity index (χ3v) is 2.56. The second-order valence-corrected chi connectivity index (χ2v) is 4.97. The van der Waals surface area contributed by atoms with Crippen LogP contribution in [0, 0.1) is 21.3 Å². The summed E-state index contributed by atoms with van der Waals surface area (Å²) < 4.78 is 13.3. The fraction of sp³-hybridized carbons (Fsp3) is 0.455. The van der Waals surface area contributed by atoms with Crippen molar-refractivity contribution >= 4 is 5.69 Å². The smallest absolute Gasteiger partial charge is 0.272 e. The zero-order valence-electron chi connectivity index (χ0n) is 9.90. The van der Waals surface area contributed by atoms with Crippen LogP contribution in [0.4, 0.5) is 10.1 Å². The SMILES string of the molecule is CC(C)(C)[C@H](N)c1cc([N+](=O)[O-])cc(F)c1O. The molecule has 1 aromatic carbocycles. The Morgan fingerprint density at radius 2 is 2.00 bits per heavy atom. The zero-order valence-corrected chi connectivity index (χ0v) is 9.90. The zero-order chi connectivity index (χ0) is 13.4. The van der Waals surface area contributed by atoms with Gasteiger partial charge in [-0.3, -0.25) is 10.1 Å². The number of rotatable bonds is 2. The molecule has 17 heavy (non-hydrogen) atoms. The van der Waals surface area contributed by atoms with Crippen LogP contribution in [0.1, 0.15) is 32.4 Å². The van der Waals surface area contributed by atoms with Crippen molar-refractivity contribution in [3.63, 3.8) is 0 Å². The molecule has 3 N–H and O–H groups in total. The number of nitro groups is 1. The number of benzene rings is 1. The molecule has 0 aliphatic carbocycles. The lowest BCUT2D eigenvalue weighted by atomic mass is 9.82.